The van der Waals surface area contributed by atoms with Crippen LogP contribution in [0, 0.1) is 12.8 Å². The molecule has 2 bridgehead atoms. The fourth-order valence-corrected chi connectivity index (χ4v) is 3.71. The van der Waals surface area contributed by atoms with Crippen LogP contribution < -0.4 is 5.32 Å². The molecule has 5 nitrogen and oxygen atoms in total. The number of carbonyl (C=O) groups excluding carboxylic acids is 1. The SMILES string of the molecule is Cc1ccccc1-c1cnc(C(=O)NC2CN3CCC2CC3)o1. The molecule has 120 valence electrons. The van der Waals surface area contributed by atoms with Crippen LogP contribution in [0.1, 0.15) is 29.1 Å². The molecule has 1 unspecified atom stereocenters. The molecular weight excluding hydrogens is 290 g/mol. The number of rotatable bonds is 3. The first-order valence-electron chi connectivity index (χ1n) is 8.26. The average Bonchev–Trinajstić information content (AvgIpc) is 3.06. The number of nitrogens with one attached hydrogen (secondary N) is 1. The molecular formula is C18H21N3O2. The number of piperidine rings is 3. The van der Waals surface area contributed by atoms with Gasteiger partial charge < -0.3 is 14.6 Å². The number of benzene rings is 1. The number of amides is 1. The second kappa shape index (κ2) is 5.81. The normalized spacial score (nSPS) is 26.2. The third-order valence-electron chi connectivity index (χ3n) is 5.08. The highest BCUT2D eigenvalue weighted by Crippen LogP contribution is 2.28. The van der Waals surface area contributed by atoms with Gasteiger partial charge in [0.2, 0.25) is 0 Å². The number of aromatic nitrogens is 1. The maximum absolute atomic E-state index is 12.4. The summed E-state index contributed by atoms with van der Waals surface area (Å²) in [4.78, 5) is 19.0. The van der Waals surface area contributed by atoms with Crippen molar-refractivity contribution in [3.05, 3.63) is 41.9 Å². The topological polar surface area (TPSA) is 58.4 Å². The quantitative estimate of drug-likeness (QED) is 0.946. The number of nitrogens with zero attached hydrogens (tertiary/aromatic N) is 2. The molecule has 0 radical (unpaired) electrons. The van der Waals surface area contributed by atoms with E-state index >= 15 is 0 Å². The Morgan fingerprint density at radius 2 is 2.09 bits per heavy atom. The monoisotopic (exact) mass is 311 g/mol. The fraction of sp³-hybridized carbons (Fsp3) is 0.444. The van der Waals surface area contributed by atoms with Crippen molar-refractivity contribution < 1.29 is 9.21 Å². The van der Waals surface area contributed by atoms with Crippen molar-refractivity contribution >= 4 is 5.91 Å². The first-order chi connectivity index (χ1) is 11.2. The van der Waals surface area contributed by atoms with Gasteiger partial charge in [-0.2, -0.15) is 0 Å². The van der Waals surface area contributed by atoms with Crippen molar-refractivity contribution in [1.82, 2.24) is 15.2 Å². The highest BCUT2D eigenvalue weighted by molar-refractivity contribution is 5.90. The van der Waals surface area contributed by atoms with Crippen LogP contribution in [0.3, 0.4) is 0 Å². The number of hydrogen-bond acceptors (Lipinski definition) is 4. The molecule has 0 saturated carbocycles. The van der Waals surface area contributed by atoms with Crippen LogP contribution in [0.4, 0.5) is 0 Å². The summed E-state index contributed by atoms with van der Waals surface area (Å²) in [6, 6.07) is 8.16. The molecule has 3 fully saturated rings. The van der Waals surface area contributed by atoms with E-state index in [0.29, 0.717) is 11.7 Å². The molecule has 0 spiro atoms. The van der Waals surface area contributed by atoms with Crippen LogP contribution >= 0.6 is 0 Å². The lowest BCUT2D eigenvalue weighted by Gasteiger charge is -2.44. The standard InChI is InChI=1S/C18H21N3O2/c1-12-4-2-3-5-14(12)16-10-19-18(23-16)17(22)20-15-11-21-8-6-13(15)7-9-21/h2-5,10,13,15H,6-9,11H2,1H3,(H,20,22). The molecule has 23 heavy (non-hydrogen) atoms. The van der Waals surface area contributed by atoms with Crippen LogP contribution in [0.25, 0.3) is 11.3 Å². The van der Waals surface area contributed by atoms with E-state index in [1.807, 2.05) is 31.2 Å². The minimum absolute atomic E-state index is 0.152. The maximum Gasteiger partial charge on any atom is 0.307 e. The van der Waals surface area contributed by atoms with Crippen molar-refractivity contribution in [1.29, 1.82) is 0 Å². The highest BCUT2D eigenvalue weighted by Gasteiger charge is 2.35. The van der Waals surface area contributed by atoms with Gasteiger partial charge >= 0.3 is 5.91 Å². The Morgan fingerprint density at radius 1 is 1.30 bits per heavy atom. The lowest BCUT2D eigenvalue weighted by atomic mass is 9.84. The first kappa shape index (κ1) is 14.5. The second-order valence-electron chi connectivity index (χ2n) is 6.56. The summed E-state index contributed by atoms with van der Waals surface area (Å²) in [6.45, 7) is 5.29. The van der Waals surface area contributed by atoms with Crippen molar-refractivity contribution in [2.24, 2.45) is 5.92 Å². The summed E-state index contributed by atoms with van der Waals surface area (Å²) in [5.41, 5.74) is 2.08. The number of hydrogen-bond donors (Lipinski definition) is 1. The molecule has 3 aliphatic rings. The summed E-state index contributed by atoms with van der Waals surface area (Å²) >= 11 is 0. The third-order valence-corrected chi connectivity index (χ3v) is 5.08. The first-order valence-corrected chi connectivity index (χ1v) is 8.26. The molecule has 2 aromatic rings. The minimum atomic E-state index is -0.205. The summed E-state index contributed by atoms with van der Waals surface area (Å²) < 4.78 is 5.70. The molecule has 3 aliphatic heterocycles. The predicted octanol–water partition coefficient (Wildman–Crippen LogP) is 2.47. The molecule has 3 saturated heterocycles. The Bertz CT molecular complexity index is 717. The van der Waals surface area contributed by atoms with Gasteiger partial charge in [0.1, 0.15) is 0 Å². The second-order valence-corrected chi connectivity index (χ2v) is 6.56. The van der Waals surface area contributed by atoms with E-state index in [9.17, 15) is 4.79 Å². The van der Waals surface area contributed by atoms with E-state index < -0.39 is 0 Å². The fourth-order valence-electron chi connectivity index (χ4n) is 3.71. The Labute approximate surface area is 135 Å². The van der Waals surface area contributed by atoms with Crippen molar-refractivity contribution in [3.63, 3.8) is 0 Å². The van der Waals surface area contributed by atoms with Crippen molar-refractivity contribution in [3.8, 4) is 11.3 Å². The molecule has 5 heteroatoms. The van der Waals surface area contributed by atoms with E-state index in [1.54, 1.807) is 6.20 Å². The summed E-state index contributed by atoms with van der Waals surface area (Å²) in [5.74, 6) is 1.18. The van der Waals surface area contributed by atoms with Gasteiger partial charge in [-0.25, -0.2) is 4.98 Å². The Hall–Kier alpha value is -2.14. The predicted molar refractivity (Wildman–Crippen MR) is 87.1 cm³/mol. The van der Waals surface area contributed by atoms with Gasteiger partial charge in [-0.15, -0.1) is 0 Å². The van der Waals surface area contributed by atoms with E-state index in [0.717, 1.165) is 30.8 Å². The molecule has 5 rings (SSSR count). The third kappa shape index (κ3) is 2.77. The Balaban J connectivity index is 1.48. The van der Waals surface area contributed by atoms with Crippen LogP contribution in [-0.2, 0) is 0 Å². The molecule has 1 atom stereocenters. The summed E-state index contributed by atoms with van der Waals surface area (Å²) in [5, 5.41) is 3.11. The van der Waals surface area contributed by atoms with Gasteiger partial charge in [0.25, 0.3) is 5.89 Å². The maximum atomic E-state index is 12.4. The molecule has 1 aromatic carbocycles. The van der Waals surface area contributed by atoms with Gasteiger partial charge in [0, 0.05) is 18.2 Å². The van der Waals surface area contributed by atoms with Crippen LogP contribution in [-0.4, -0.2) is 41.5 Å². The van der Waals surface area contributed by atoms with Gasteiger partial charge in [-0.05, 0) is 44.3 Å². The molecule has 1 aromatic heterocycles. The molecule has 1 amide bonds. The minimum Gasteiger partial charge on any atom is -0.432 e. The lowest BCUT2D eigenvalue weighted by Crippen LogP contribution is -2.57. The lowest BCUT2D eigenvalue weighted by molar-refractivity contribution is 0.0602. The van der Waals surface area contributed by atoms with Gasteiger partial charge in [0.05, 0.1) is 6.20 Å². The number of oxazole rings is 1. The Kier molecular flexibility index (Phi) is 3.65. The van der Waals surface area contributed by atoms with E-state index in [1.165, 1.54) is 12.8 Å². The zero-order valence-electron chi connectivity index (χ0n) is 13.3. The van der Waals surface area contributed by atoms with E-state index in [-0.39, 0.29) is 17.8 Å². The van der Waals surface area contributed by atoms with Crippen molar-refractivity contribution in [2.45, 2.75) is 25.8 Å². The largest absolute Gasteiger partial charge is 0.432 e. The highest BCUT2D eigenvalue weighted by atomic mass is 16.4. The molecule has 1 N–H and O–H groups in total. The average molecular weight is 311 g/mol. The van der Waals surface area contributed by atoms with E-state index in [4.69, 9.17) is 4.42 Å². The van der Waals surface area contributed by atoms with Crippen LogP contribution in [0.2, 0.25) is 0 Å². The summed E-state index contributed by atoms with van der Waals surface area (Å²) in [6.07, 6.45) is 3.98. The van der Waals surface area contributed by atoms with Gasteiger partial charge in [-0.1, -0.05) is 24.3 Å². The number of fused-ring (bicyclic) bond motifs is 3. The van der Waals surface area contributed by atoms with Gasteiger partial charge in [0.15, 0.2) is 5.76 Å². The smallest absolute Gasteiger partial charge is 0.307 e. The zero-order chi connectivity index (χ0) is 15.8. The van der Waals surface area contributed by atoms with E-state index in [2.05, 4.69) is 15.2 Å². The molecule has 0 aliphatic carbocycles. The van der Waals surface area contributed by atoms with Crippen LogP contribution in [0.5, 0.6) is 0 Å². The van der Waals surface area contributed by atoms with Crippen LogP contribution in [0.15, 0.2) is 34.9 Å². The van der Waals surface area contributed by atoms with Crippen molar-refractivity contribution in [2.75, 3.05) is 19.6 Å². The summed E-state index contributed by atoms with van der Waals surface area (Å²) in [7, 11) is 0. The van der Waals surface area contributed by atoms with Gasteiger partial charge in [-0.3, -0.25) is 4.79 Å². The number of carbonyl (C=O) groups is 1. The number of aryl methyl sites for hydroxylation is 1. The Morgan fingerprint density at radius 3 is 2.78 bits per heavy atom. The molecule has 4 heterocycles. The zero-order valence-corrected chi connectivity index (χ0v) is 13.3.